The van der Waals surface area contributed by atoms with Crippen LogP contribution in [0.15, 0.2) is 17.2 Å². The van der Waals surface area contributed by atoms with Crippen molar-refractivity contribution >= 4 is 15.5 Å². The van der Waals surface area contributed by atoms with Gasteiger partial charge >= 0.3 is 5.51 Å². The molecule has 0 fully saturated rings. The van der Waals surface area contributed by atoms with E-state index in [1.807, 2.05) is 0 Å². The van der Waals surface area contributed by atoms with E-state index in [9.17, 15) is 21.6 Å². The highest BCUT2D eigenvalue weighted by molar-refractivity contribution is 7.92. The number of nitriles is 1. The number of pyridine rings is 1. The van der Waals surface area contributed by atoms with Crippen molar-refractivity contribution < 1.29 is 21.6 Å². The molecule has 0 aliphatic carbocycles. The number of halogens is 3. The second-order valence-electron chi connectivity index (χ2n) is 2.68. The zero-order valence-electron chi connectivity index (χ0n) is 7.49. The van der Waals surface area contributed by atoms with Gasteiger partial charge in [-0.05, 0) is 6.07 Å². The first-order valence-corrected chi connectivity index (χ1v) is 5.15. The van der Waals surface area contributed by atoms with E-state index in [0.29, 0.717) is 6.07 Å². The van der Waals surface area contributed by atoms with Crippen molar-refractivity contribution in [3.05, 3.63) is 18.0 Å². The van der Waals surface area contributed by atoms with E-state index in [-0.39, 0.29) is 5.69 Å². The zero-order valence-corrected chi connectivity index (χ0v) is 8.30. The third kappa shape index (κ3) is 1.92. The normalized spacial score (nSPS) is 12.1. The first kappa shape index (κ1) is 12.3. The maximum atomic E-state index is 12.2. The van der Waals surface area contributed by atoms with Crippen LogP contribution in [0.4, 0.5) is 18.9 Å². The zero-order chi connectivity index (χ0) is 12.6. The van der Waals surface area contributed by atoms with E-state index in [0.717, 1.165) is 6.20 Å². The van der Waals surface area contributed by atoms with E-state index >= 15 is 0 Å². The van der Waals surface area contributed by atoms with Crippen LogP contribution in [0, 0.1) is 11.3 Å². The summed E-state index contributed by atoms with van der Waals surface area (Å²) in [5, 5.41) is 8.45. The summed E-state index contributed by atoms with van der Waals surface area (Å²) in [4.78, 5) is 1.98. The van der Waals surface area contributed by atoms with Crippen LogP contribution in [0.25, 0.3) is 0 Å². The Balaban J connectivity index is 3.58. The van der Waals surface area contributed by atoms with Gasteiger partial charge in [-0.15, -0.1) is 0 Å². The molecule has 16 heavy (non-hydrogen) atoms. The molecular formula is C7H4F3N3O2S. The van der Waals surface area contributed by atoms with Gasteiger partial charge < -0.3 is 5.73 Å². The van der Waals surface area contributed by atoms with Gasteiger partial charge in [0.2, 0.25) is 0 Å². The van der Waals surface area contributed by atoms with Gasteiger partial charge in [0.05, 0.1) is 11.9 Å². The van der Waals surface area contributed by atoms with Crippen molar-refractivity contribution in [1.82, 2.24) is 4.98 Å². The van der Waals surface area contributed by atoms with Gasteiger partial charge in [-0.25, -0.2) is 13.4 Å². The highest BCUT2D eigenvalue weighted by Crippen LogP contribution is 2.32. The number of aromatic nitrogens is 1. The molecule has 2 N–H and O–H groups in total. The SMILES string of the molecule is N#Cc1ncc(N)cc1S(=O)(=O)C(F)(F)F. The molecule has 5 nitrogen and oxygen atoms in total. The maximum absolute atomic E-state index is 12.2. The molecule has 0 spiro atoms. The molecule has 0 bridgehead atoms. The third-order valence-electron chi connectivity index (χ3n) is 1.57. The fraction of sp³-hybridized carbons (Fsp3) is 0.143. The standard InChI is InChI=1S/C7H4F3N3O2S/c8-7(9,10)16(14,15)6-1-4(12)3-13-5(6)2-11/h1,3H,12H2. The number of nitrogens with two attached hydrogens (primary N) is 1. The van der Waals surface area contributed by atoms with Crippen molar-refractivity contribution in [2.24, 2.45) is 0 Å². The summed E-state index contributed by atoms with van der Waals surface area (Å²) in [7, 11) is -5.61. The summed E-state index contributed by atoms with van der Waals surface area (Å²) in [6, 6.07) is 1.81. The van der Waals surface area contributed by atoms with Gasteiger partial charge in [0.15, 0.2) is 5.69 Å². The molecule has 0 aliphatic heterocycles. The molecule has 0 amide bonds. The van der Waals surface area contributed by atoms with Crippen LogP contribution in [0.1, 0.15) is 5.69 Å². The number of anilines is 1. The Bertz CT molecular complexity index is 559. The first-order valence-electron chi connectivity index (χ1n) is 3.67. The summed E-state index contributed by atoms with van der Waals surface area (Å²) in [5.74, 6) is 0. The number of nitrogens with zero attached hydrogens (tertiary/aromatic N) is 2. The summed E-state index contributed by atoms with van der Waals surface area (Å²) in [5.41, 5.74) is -1.49. The highest BCUT2D eigenvalue weighted by Gasteiger charge is 2.48. The molecule has 1 aromatic heterocycles. The number of hydrogen-bond acceptors (Lipinski definition) is 5. The Morgan fingerprint density at radius 1 is 1.44 bits per heavy atom. The highest BCUT2D eigenvalue weighted by atomic mass is 32.2. The number of rotatable bonds is 1. The van der Waals surface area contributed by atoms with Crippen LogP contribution < -0.4 is 5.73 Å². The Hall–Kier alpha value is -1.82. The Morgan fingerprint density at radius 2 is 2.00 bits per heavy atom. The van der Waals surface area contributed by atoms with Crippen molar-refractivity contribution in [3.8, 4) is 6.07 Å². The van der Waals surface area contributed by atoms with Crippen LogP contribution in [-0.4, -0.2) is 18.9 Å². The lowest BCUT2D eigenvalue weighted by Gasteiger charge is -2.09. The first-order chi connectivity index (χ1) is 7.20. The van der Waals surface area contributed by atoms with Crippen LogP contribution in [-0.2, 0) is 9.84 Å². The summed E-state index contributed by atoms with van der Waals surface area (Å²) in [6.07, 6.45) is 0.897. The molecule has 0 aliphatic rings. The van der Waals surface area contributed by atoms with Gasteiger partial charge in [0.25, 0.3) is 9.84 Å². The van der Waals surface area contributed by atoms with Gasteiger partial charge in [-0.3, -0.25) is 0 Å². The van der Waals surface area contributed by atoms with Crippen LogP contribution >= 0.6 is 0 Å². The summed E-state index contributed by atoms with van der Waals surface area (Å²) >= 11 is 0. The van der Waals surface area contributed by atoms with Crippen molar-refractivity contribution in [1.29, 1.82) is 5.26 Å². The quantitative estimate of drug-likeness (QED) is 0.797. The topological polar surface area (TPSA) is 96.8 Å². The minimum Gasteiger partial charge on any atom is -0.397 e. The molecule has 0 radical (unpaired) electrons. The van der Waals surface area contributed by atoms with Crippen molar-refractivity contribution in [3.63, 3.8) is 0 Å². The van der Waals surface area contributed by atoms with Crippen LogP contribution in [0.2, 0.25) is 0 Å². The third-order valence-corrected chi connectivity index (χ3v) is 3.07. The predicted octanol–water partition coefficient (Wildman–Crippen LogP) is 0.829. The minimum absolute atomic E-state index is 0.276. The Morgan fingerprint density at radius 3 is 2.44 bits per heavy atom. The Labute approximate surface area is 88.2 Å². The van der Waals surface area contributed by atoms with Crippen LogP contribution in [0.3, 0.4) is 0 Å². The van der Waals surface area contributed by atoms with E-state index in [2.05, 4.69) is 4.98 Å². The molecule has 1 heterocycles. The number of nitrogen functional groups attached to an aromatic ring is 1. The van der Waals surface area contributed by atoms with Crippen LogP contribution in [0.5, 0.6) is 0 Å². The van der Waals surface area contributed by atoms with Gasteiger partial charge in [0.1, 0.15) is 11.0 Å². The van der Waals surface area contributed by atoms with E-state index in [1.165, 1.54) is 6.07 Å². The number of sulfone groups is 1. The average molecular weight is 251 g/mol. The molecule has 9 heteroatoms. The van der Waals surface area contributed by atoms with Crippen molar-refractivity contribution in [2.45, 2.75) is 10.4 Å². The predicted molar refractivity (Wildman–Crippen MR) is 46.6 cm³/mol. The summed E-state index contributed by atoms with van der Waals surface area (Å²) in [6.45, 7) is 0. The largest absolute Gasteiger partial charge is 0.502 e. The monoisotopic (exact) mass is 251 g/mol. The van der Waals surface area contributed by atoms with E-state index in [4.69, 9.17) is 11.0 Å². The maximum Gasteiger partial charge on any atom is 0.502 e. The molecule has 0 saturated carbocycles. The molecular weight excluding hydrogens is 247 g/mol. The van der Waals surface area contributed by atoms with Gasteiger partial charge in [-0.2, -0.15) is 18.4 Å². The lowest BCUT2D eigenvalue weighted by molar-refractivity contribution is -0.0436. The lowest BCUT2D eigenvalue weighted by Crippen LogP contribution is -2.24. The number of alkyl halides is 3. The van der Waals surface area contributed by atoms with Gasteiger partial charge in [0, 0.05) is 0 Å². The molecule has 0 unspecified atom stereocenters. The van der Waals surface area contributed by atoms with Crippen molar-refractivity contribution in [2.75, 3.05) is 5.73 Å². The molecule has 86 valence electrons. The fourth-order valence-electron chi connectivity index (χ4n) is 0.873. The molecule has 1 aromatic rings. The van der Waals surface area contributed by atoms with E-state index < -0.39 is 25.9 Å². The van der Waals surface area contributed by atoms with Gasteiger partial charge in [-0.1, -0.05) is 0 Å². The minimum atomic E-state index is -5.61. The molecule has 1 rings (SSSR count). The lowest BCUT2D eigenvalue weighted by atomic mass is 10.3. The average Bonchev–Trinajstić information content (AvgIpc) is 2.16. The Kier molecular flexibility index (Phi) is 2.79. The fourth-order valence-corrected chi connectivity index (χ4v) is 1.77. The molecule has 0 saturated heterocycles. The van der Waals surface area contributed by atoms with E-state index in [1.54, 1.807) is 0 Å². The molecule has 0 aromatic carbocycles. The second kappa shape index (κ2) is 3.64. The second-order valence-corrected chi connectivity index (χ2v) is 4.59. The number of hydrogen-bond donors (Lipinski definition) is 1. The molecule has 0 atom stereocenters. The summed E-state index contributed by atoms with van der Waals surface area (Å²) < 4.78 is 58.6. The smallest absolute Gasteiger partial charge is 0.397 e.